The van der Waals surface area contributed by atoms with Crippen molar-refractivity contribution in [1.29, 1.82) is 0 Å². The van der Waals surface area contributed by atoms with Gasteiger partial charge in [-0.1, -0.05) is 44.2 Å². The standard InChI is InChI=1S/C28H34N6O6S/c1-17(2)24-28-32-21(16-41-28)26(38)30-19(13-18-7-5-4-6-8-18)27-31-20(15-40-27)25(37)29-10-11-34(14-22(35)33-24)23(36)9-12-39-3/h4-8,15-17,19,24H,9-14H2,1-3H3,(H,29,37)(H,30,38)(H,33,35)/t19-,24-/m0/s1. The van der Waals surface area contributed by atoms with Crippen molar-refractivity contribution in [2.24, 2.45) is 5.92 Å². The van der Waals surface area contributed by atoms with E-state index in [1.165, 1.54) is 29.6 Å². The highest BCUT2D eigenvalue weighted by Crippen LogP contribution is 2.26. The minimum atomic E-state index is -0.676. The zero-order chi connectivity index (χ0) is 29.4. The fourth-order valence-electron chi connectivity index (χ4n) is 4.31. The number of amides is 4. The molecule has 0 radical (unpaired) electrons. The fourth-order valence-corrected chi connectivity index (χ4v) is 5.33. The number of nitrogens with zero attached hydrogens (tertiary/aromatic N) is 3. The minimum absolute atomic E-state index is 0.0270. The van der Waals surface area contributed by atoms with E-state index < -0.39 is 23.9 Å². The average Bonchev–Trinajstić information content (AvgIpc) is 3.64. The molecule has 0 saturated heterocycles. The van der Waals surface area contributed by atoms with Crippen LogP contribution in [0, 0.1) is 5.92 Å². The summed E-state index contributed by atoms with van der Waals surface area (Å²) in [5.41, 5.74) is 1.15. The van der Waals surface area contributed by atoms with Crippen LogP contribution < -0.4 is 16.0 Å². The molecule has 41 heavy (non-hydrogen) atoms. The van der Waals surface area contributed by atoms with E-state index in [1.807, 2.05) is 44.2 Å². The van der Waals surface area contributed by atoms with Crippen LogP contribution in [0.25, 0.3) is 0 Å². The number of benzene rings is 1. The van der Waals surface area contributed by atoms with Gasteiger partial charge in [0.1, 0.15) is 23.0 Å². The largest absolute Gasteiger partial charge is 0.446 e. The first-order valence-electron chi connectivity index (χ1n) is 13.3. The van der Waals surface area contributed by atoms with Gasteiger partial charge in [-0.2, -0.15) is 0 Å². The van der Waals surface area contributed by atoms with Crippen LogP contribution in [0.5, 0.6) is 0 Å². The summed E-state index contributed by atoms with van der Waals surface area (Å²) in [7, 11) is 1.49. The first-order chi connectivity index (χ1) is 19.7. The third-order valence-electron chi connectivity index (χ3n) is 6.52. The van der Waals surface area contributed by atoms with Crippen LogP contribution in [-0.4, -0.2) is 71.8 Å². The molecule has 4 bridgehead atoms. The SMILES string of the molecule is COCCC(=O)N1CCNC(=O)c2coc(n2)[C@H](Cc2ccccc2)NC(=O)c2csc(n2)[C@H](C(C)C)NC(=O)C1. The van der Waals surface area contributed by atoms with Crippen molar-refractivity contribution < 1.29 is 28.3 Å². The molecular formula is C28H34N6O6S. The Morgan fingerprint density at radius 3 is 2.63 bits per heavy atom. The number of fused-ring (bicyclic) bond motifs is 4. The molecule has 1 aliphatic rings. The Bertz CT molecular complexity index is 1360. The molecule has 218 valence electrons. The first-order valence-corrected chi connectivity index (χ1v) is 14.2. The minimum Gasteiger partial charge on any atom is -0.446 e. The Morgan fingerprint density at radius 1 is 1.12 bits per heavy atom. The highest BCUT2D eigenvalue weighted by Gasteiger charge is 2.28. The Morgan fingerprint density at radius 2 is 1.90 bits per heavy atom. The maximum atomic E-state index is 13.3. The summed E-state index contributed by atoms with van der Waals surface area (Å²) in [4.78, 5) is 62.3. The highest BCUT2D eigenvalue weighted by atomic mass is 32.1. The summed E-state index contributed by atoms with van der Waals surface area (Å²) in [5.74, 6) is -1.49. The van der Waals surface area contributed by atoms with Gasteiger partial charge in [-0.3, -0.25) is 19.2 Å². The zero-order valence-electron chi connectivity index (χ0n) is 23.2. The van der Waals surface area contributed by atoms with Crippen molar-refractivity contribution >= 4 is 35.0 Å². The van der Waals surface area contributed by atoms with E-state index in [0.717, 1.165) is 5.56 Å². The summed E-state index contributed by atoms with van der Waals surface area (Å²) in [6.07, 6.45) is 1.69. The van der Waals surface area contributed by atoms with E-state index in [4.69, 9.17) is 9.15 Å². The van der Waals surface area contributed by atoms with E-state index in [1.54, 1.807) is 5.38 Å². The number of thiazole rings is 1. The number of carbonyl (C=O) groups excluding carboxylic acids is 4. The van der Waals surface area contributed by atoms with Crippen molar-refractivity contribution in [3.8, 4) is 0 Å². The molecule has 13 heteroatoms. The second-order valence-corrected chi connectivity index (χ2v) is 10.9. The van der Waals surface area contributed by atoms with Crippen LogP contribution >= 0.6 is 11.3 Å². The van der Waals surface area contributed by atoms with Gasteiger partial charge in [0.05, 0.1) is 25.6 Å². The molecular weight excluding hydrogens is 548 g/mol. The maximum absolute atomic E-state index is 13.3. The van der Waals surface area contributed by atoms with E-state index in [-0.39, 0.29) is 67.7 Å². The second-order valence-electron chi connectivity index (χ2n) is 9.96. The molecule has 3 aromatic rings. The molecule has 1 aromatic carbocycles. The Labute approximate surface area is 241 Å². The Hall–Kier alpha value is -4.10. The van der Waals surface area contributed by atoms with Gasteiger partial charge in [-0.25, -0.2) is 9.97 Å². The van der Waals surface area contributed by atoms with Crippen molar-refractivity contribution in [2.75, 3.05) is 33.4 Å². The smallest absolute Gasteiger partial charge is 0.273 e. The van der Waals surface area contributed by atoms with Gasteiger partial charge >= 0.3 is 0 Å². The molecule has 4 rings (SSSR count). The number of aromatic nitrogens is 2. The second kappa shape index (κ2) is 14.0. The van der Waals surface area contributed by atoms with E-state index in [0.29, 0.717) is 11.4 Å². The average molecular weight is 583 g/mol. The molecule has 4 amide bonds. The first kappa shape index (κ1) is 29.9. The molecule has 0 fully saturated rings. The number of ether oxygens (including phenoxy) is 1. The van der Waals surface area contributed by atoms with Crippen LogP contribution in [0.1, 0.15) is 69.8 Å². The monoisotopic (exact) mass is 582 g/mol. The molecule has 0 aliphatic carbocycles. The molecule has 3 N–H and O–H groups in total. The summed E-state index contributed by atoms with van der Waals surface area (Å²) in [5, 5.41) is 10.8. The van der Waals surface area contributed by atoms with Crippen LogP contribution in [0.3, 0.4) is 0 Å². The van der Waals surface area contributed by atoms with Crippen LogP contribution in [0.15, 0.2) is 46.4 Å². The lowest BCUT2D eigenvalue weighted by Gasteiger charge is -2.25. The highest BCUT2D eigenvalue weighted by molar-refractivity contribution is 7.09. The quantitative estimate of drug-likeness (QED) is 0.400. The van der Waals surface area contributed by atoms with Gasteiger partial charge < -0.3 is 30.0 Å². The number of nitrogens with one attached hydrogen (secondary N) is 3. The van der Waals surface area contributed by atoms with Crippen molar-refractivity contribution in [3.63, 3.8) is 0 Å². The predicted molar refractivity (Wildman–Crippen MR) is 150 cm³/mol. The van der Waals surface area contributed by atoms with Gasteiger partial charge in [0, 0.05) is 32.0 Å². The number of carbonyl (C=O) groups is 4. The van der Waals surface area contributed by atoms with E-state index in [2.05, 4.69) is 25.9 Å². The lowest BCUT2D eigenvalue weighted by atomic mass is 10.0. The van der Waals surface area contributed by atoms with Crippen molar-refractivity contribution in [1.82, 2.24) is 30.8 Å². The van der Waals surface area contributed by atoms with Gasteiger partial charge in [0.2, 0.25) is 17.7 Å². The van der Waals surface area contributed by atoms with Gasteiger partial charge in [0.15, 0.2) is 5.69 Å². The maximum Gasteiger partial charge on any atom is 0.273 e. The third-order valence-corrected chi connectivity index (χ3v) is 7.45. The number of hydrogen-bond acceptors (Lipinski definition) is 9. The predicted octanol–water partition coefficient (Wildman–Crippen LogP) is 2.27. The van der Waals surface area contributed by atoms with Crippen LogP contribution in [0.4, 0.5) is 0 Å². The topological polar surface area (TPSA) is 156 Å². The number of methoxy groups -OCH3 is 1. The Balaban J connectivity index is 1.66. The number of oxazole rings is 1. The normalized spacial score (nSPS) is 18.7. The number of hydrogen-bond donors (Lipinski definition) is 3. The molecule has 2 aromatic heterocycles. The molecule has 12 nitrogen and oxygen atoms in total. The van der Waals surface area contributed by atoms with Crippen molar-refractivity contribution in [3.05, 3.63) is 69.8 Å². The summed E-state index contributed by atoms with van der Waals surface area (Å²) < 4.78 is 10.7. The van der Waals surface area contributed by atoms with Crippen molar-refractivity contribution in [2.45, 2.75) is 38.8 Å². The molecule has 1 aliphatic heterocycles. The Kier molecular flexibility index (Phi) is 10.2. The summed E-state index contributed by atoms with van der Waals surface area (Å²) in [6, 6.07) is 8.37. The van der Waals surface area contributed by atoms with Crippen LogP contribution in [-0.2, 0) is 20.7 Å². The molecule has 0 spiro atoms. The summed E-state index contributed by atoms with van der Waals surface area (Å²) >= 11 is 1.27. The van der Waals surface area contributed by atoms with Gasteiger partial charge in [-0.15, -0.1) is 11.3 Å². The molecule has 2 atom stereocenters. The van der Waals surface area contributed by atoms with E-state index >= 15 is 0 Å². The van der Waals surface area contributed by atoms with E-state index in [9.17, 15) is 19.2 Å². The lowest BCUT2D eigenvalue weighted by molar-refractivity contribution is -0.137. The van der Waals surface area contributed by atoms with Gasteiger partial charge in [0.25, 0.3) is 11.8 Å². The molecule has 3 heterocycles. The van der Waals surface area contributed by atoms with Crippen LogP contribution in [0.2, 0.25) is 0 Å². The lowest BCUT2D eigenvalue weighted by Crippen LogP contribution is -2.45. The summed E-state index contributed by atoms with van der Waals surface area (Å²) in [6.45, 7) is 4.05. The van der Waals surface area contributed by atoms with Gasteiger partial charge in [-0.05, 0) is 11.5 Å². The zero-order valence-corrected chi connectivity index (χ0v) is 24.0. The number of rotatable bonds is 6. The third kappa shape index (κ3) is 7.98. The molecule has 0 unspecified atom stereocenters. The molecule has 0 saturated carbocycles. The fraction of sp³-hybridized carbons (Fsp3) is 0.429.